The molecule has 0 fully saturated rings. The van der Waals surface area contributed by atoms with Crippen molar-refractivity contribution in [2.75, 3.05) is 0 Å². The summed E-state index contributed by atoms with van der Waals surface area (Å²) in [6, 6.07) is -0.782. The molecule has 0 aliphatic rings. The molecule has 0 heterocycles. The molecule has 0 saturated heterocycles. The van der Waals surface area contributed by atoms with Crippen LogP contribution in [0.3, 0.4) is 0 Å². The van der Waals surface area contributed by atoms with Crippen LogP contribution in [0.15, 0.2) is 12.2 Å². The first-order chi connectivity index (χ1) is 9.35. The lowest BCUT2D eigenvalue weighted by molar-refractivity contribution is -0.158. The molecule has 0 aliphatic carbocycles. The van der Waals surface area contributed by atoms with E-state index in [2.05, 4.69) is 5.32 Å². The Hall–Kier alpha value is -1.52. The second kappa shape index (κ2) is 7.48. The van der Waals surface area contributed by atoms with E-state index in [1.165, 1.54) is 0 Å². The first kappa shape index (κ1) is 19.5. The molecule has 1 N–H and O–H groups in total. The number of carbonyl (C=O) groups is 2. The number of amides is 1. The average Bonchev–Trinajstić information content (AvgIpc) is 2.20. The lowest BCUT2D eigenvalue weighted by Crippen LogP contribution is -2.48. The van der Waals surface area contributed by atoms with E-state index in [1.54, 1.807) is 41.5 Å². The third-order valence-corrected chi connectivity index (χ3v) is 2.35. The van der Waals surface area contributed by atoms with Crippen molar-refractivity contribution in [1.82, 2.24) is 5.32 Å². The van der Waals surface area contributed by atoms with E-state index in [1.807, 2.05) is 26.0 Å². The number of hydrogen-bond acceptors (Lipinski definition) is 4. The summed E-state index contributed by atoms with van der Waals surface area (Å²) in [5, 5.41) is 2.59. The number of alkyl carbamates (subject to hydrolysis) is 1. The summed E-state index contributed by atoms with van der Waals surface area (Å²) in [5.74, 6) is -0.670. The first-order valence-electron chi connectivity index (χ1n) is 7.21. The van der Waals surface area contributed by atoms with E-state index in [0.29, 0.717) is 0 Å². The fourth-order valence-corrected chi connectivity index (χ4v) is 1.62. The van der Waals surface area contributed by atoms with Crippen LogP contribution in [0.1, 0.15) is 55.4 Å². The Kier molecular flexibility index (Phi) is 6.94. The minimum Gasteiger partial charge on any atom is -0.458 e. The number of carbonyl (C=O) groups excluding carboxylic acids is 2. The molecule has 0 bridgehead atoms. The number of hydrogen-bond donors (Lipinski definition) is 1. The molecule has 2 atom stereocenters. The predicted molar refractivity (Wildman–Crippen MR) is 83.0 cm³/mol. The van der Waals surface area contributed by atoms with Gasteiger partial charge in [-0.05, 0) is 48.5 Å². The summed E-state index contributed by atoms with van der Waals surface area (Å²) in [6.07, 6.45) is 3.04. The number of rotatable bonds is 4. The average molecular weight is 299 g/mol. The normalized spacial score (nSPS) is 15.4. The highest BCUT2D eigenvalue weighted by molar-refractivity contribution is 5.82. The van der Waals surface area contributed by atoms with Crippen LogP contribution >= 0.6 is 0 Å². The fourth-order valence-electron chi connectivity index (χ4n) is 1.62. The van der Waals surface area contributed by atoms with Gasteiger partial charge in [0, 0.05) is 5.92 Å². The fraction of sp³-hybridized carbons (Fsp3) is 0.750. The topological polar surface area (TPSA) is 64.6 Å². The SMILES string of the molecule is C/C=C/[C@@H](C)[C@@H](NC(=O)OC(C)(C)C)C(=O)OC(C)(C)C. The van der Waals surface area contributed by atoms with Gasteiger partial charge in [0.25, 0.3) is 0 Å². The van der Waals surface area contributed by atoms with Crippen LogP contribution in [0.25, 0.3) is 0 Å². The molecule has 0 spiro atoms. The van der Waals surface area contributed by atoms with E-state index in [9.17, 15) is 9.59 Å². The van der Waals surface area contributed by atoms with Crippen LogP contribution in [0.2, 0.25) is 0 Å². The number of esters is 1. The van der Waals surface area contributed by atoms with Crippen molar-refractivity contribution in [2.45, 2.75) is 72.6 Å². The molecule has 0 rings (SSSR count). The summed E-state index contributed by atoms with van der Waals surface area (Å²) in [7, 11) is 0. The molecule has 0 unspecified atom stereocenters. The largest absolute Gasteiger partial charge is 0.458 e. The van der Waals surface area contributed by atoms with Gasteiger partial charge in [-0.2, -0.15) is 0 Å². The van der Waals surface area contributed by atoms with Gasteiger partial charge in [-0.3, -0.25) is 0 Å². The van der Waals surface area contributed by atoms with Crippen molar-refractivity contribution < 1.29 is 19.1 Å². The van der Waals surface area contributed by atoms with Crippen LogP contribution < -0.4 is 5.32 Å². The lowest BCUT2D eigenvalue weighted by atomic mass is 10.0. The van der Waals surface area contributed by atoms with Crippen molar-refractivity contribution in [3.8, 4) is 0 Å². The van der Waals surface area contributed by atoms with Gasteiger partial charge in [-0.25, -0.2) is 9.59 Å². The van der Waals surface area contributed by atoms with Crippen molar-refractivity contribution in [3.05, 3.63) is 12.2 Å². The summed E-state index contributed by atoms with van der Waals surface area (Å²) >= 11 is 0. The molecule has 0 aromatic rings. The molecular formula is C16H29NO4. The highest BCUT2D eigenvalue weighted by atomic mass is 16.6. The lowest BCUT2D eigenvalue weighted by Gasteiger charge is -2.28. The highest BCUT2D eigenvalue weighted by Gasteiger charge is 2.31. The molecule has 5 heteroatoms. The quantitative estimate of drug-likeness (QED) is 0.638. The van der Waals surface area contributed by atoms with Gasteiger partial charge in [-0.1, -0.05) is 19.1 Å². The Balaban J connectivity index is 4.99. The molecule has 5 nitrogen and oxygen atoms in total. The Morgan fingerprint density at radius 2 is 1.48 bits per heavy atom. The number of nitrogens with one attached hydrogen (secondary N) is 1. The molecule has 122 valence electrons. The molecule has 0 aromatic heterocycles. The maximum atomic E-state index is 12.2. The van der Waals surface area contributed by atoms with Gasteiger partial charge >= 0.3 is 12.1 Å². The smallest absolute Gasteiger partial charge is 0.408 e. The van der Waals surface area contributed by atoms with E-state index in [0.717, 1.165) is 0 Å². The Labute approximate surface area is 128 Å². The molecule has 0 aromatic carbocycles. The zero-order valence-electron chi connectivity index (χ0n) is 14.4. The van der Waals surface area contributed by atoms with Crippen LogP contribution in [0.4, 0.5) is 4.79 Å². The van der Waals surface area contributed by atoms with Crippen molar-refractivity contribution in [2.24, 2.45) is 5.92 Å². The van der Waals surface area contributed by atoms with Crippen LogP contribution in [0, 0.1) is 5.92 Å². The minimum atomic E-state index is -0.782. The summed E-state index contributed by atoms with van der Waals surface area (Å²) in [4.78, 5) is 24.1. The van der Waals surface area contributed by atoms with E-state index < -0.39 is 29.3 Å². The van der Waals surface area contributed by atoms with E-state index in [4.69, 9.17) is 9.47 Å². The molecule has 0 radical (unpaired) electrons. The maximum Gasteiger partial charge on any atom is 0.408 e. The Morgan fingerprint density at radius 1 is 1.00 bits per heavy atom. The zero-order chi connectivity index (χ0) is 16.8. The van der Waals surface area contributed by atoms with Crippen LogP contribution in [-0.2, 0) is 14.3 Å². The molecule has 21 heavy (non-hydrogen) atoms. The molecule has 1 amide bonds. The number of allylic oxidation sites excluding steroid dienone is 1. The Bertz CT molecular complexity index is 388. The molecule has 0 aliphatic heterocycles. The summed E-state index contributed by atoms with van der Waals surface area (Å²) in [6.45, 7) is 14.4. The van der Waals surface area contributed by atoms with Gasteiger partial charge in [0.1, 0.15) is 17.2 Å². The Morgan fingerprint density at radius 3 is 1.86 bits per heavy atom. The summed E-state index contributed by atoms with van der Waals surface area (Å²) in [5.41, 5.74) is -1.23. The maximum absolute atomic E-state index is 12.2. The van der Waals surface area contributed by atoms with Gasteiger partial charge in [0.2, 0.25) is 0 Å². The van der Waals surface area contributed by atoms with Crippen molar-refractivity contribution in [1.29, 1.82) is 0 Å². The van der Waals surface area contributed by atoms with Crippen LogP contribution in [-0.4, -0.2) is 29.3 Å². The van der Waals surface area contributed by atoms with Crippen molar-refractivity contribution >= 4 is 12.1 Å². The zero-order valence-corrected chi connectivity index (χ0v) is 14.4. The van der Waals surface area contributed by atoms with Gasteiger partial charge in [0.15, 0.2) is 0 Å². The van der Waals surface area contributed by atoms with Gasteiger partial charge in [-0.15, -0.1) is 0 Å². The predicted octanol–water partition coefficient (Wildman–Crippen LogP) is 3.43. The second-order valence-electron chi connectivity index (χ2n) is 7.04. The van der Waals surface area contributed by atoms with Crippen LogP contribution in [0.5, 0.6) is 0 Å². The number of ether oxygens (including phenoxy) is 2. The van der Waals surface area contributed by atoms with Gasteiger partial charge < -0.3 is 14.8 Å². The monoisotopic (exact) mass is 299 g/mol. The highest BCUT2D eigenvalue weighted by Crippen LogP contribution is 2.15. The summed E-state index contributed by atoms with van der Waals surface area (Å²) < 4.78 is 10.6. The molecular weight excluding hydrogens is 270 g/mol. The van der Waals surface area contributed by atoms with E-state index >= 15 is 0 Å². The third kappa shape index (κ3) is 9.10. The molecule has 0 saturated carbocycles. The van der Waals surface area contributed by atoms with Gasteiger partial charge in [0.05, 0.1) is 0 Å². The minimum absolute atomic E-state index is 0.197. The second-order valence-corrected chi connectivity index (χ2v) is 7.04. The van der Waals surface area contributed by atoms with E-state index in [-0.39, 0.29) is 5.92 Å². The first-order valence-corrected chi connectivity index (χ1v) is 7.21. The third-order valence-electron chi connectivity index (χ3n) is 2.35. The standard InChI is InChI=1S/C16H29NO4/c1-9-10-11(2)12(13(18)20-15(3,4)5)17-14(19)21-16(6,7)8/h9-12H,1-8H3,(H,17,19)/b10-9+/t11-,12-/m1/s1. The van der Waals surface area contributed by atoms with Crippen molar-refractivity contribution in [3.63, 3.8) is 0 Å².